The molecular weight excluding hydrogens is 279 g/mol. The summed E-state index contributed by atoms with van der Waals surface area (Å²) in [4.78, 5) is 0. The molecule has 0 spiro atoms. The monoisotopic (exact) mass is 290 g/mol. The standard InChI is InChI=1S/C8H12.BrH.Rh/c1-2-4-6-8-7-5-3-1;;/h1-4H,5-8H2;1H;/q;;+1/p-1/b3-1-,4-2-;;. The van der Waals surface area contributed by atoms with Crippen molar-refractivity contribution in [3.05, 3.63) is 24.3 Å². The first-order valence-corrected chi connectivity index (χ1v) is 7.19. The van der Waals surface area contributed by atoms with E-state index in [2.05, 4.69) is 54.3 Å². The van der Waals surface area contributed by atoms with Gasteiger partial charge in [0, 0.05) is 0 Å². The van der Waals surface area contributed by atoms with Crippen LogP contribution in [0.4, 0.5) is 0 Å². The Hall–Kier alpha value is 0.583. The Morgan fingerprint density at radius 3 is 1.70 bits per heavy atom. The van der Waals surface area contributed by atoms with Crippen LogP contribution in [0, 0.1) is 0 Å². The third-order valence-electron chi connectivity index (χ3n) is 1.37. The number of hydrogen-bond acceptors (Lipinski definition) is 0. The first-order chi connectivity index (χ1) is 5.00. The second-order valence-electron chi connectivity index (χ2n) is 2.14. The molecule has 0 bridgehead atoms. The predicted molar refractivity (Wildman–Crippen MR) is 45.7 cm³/mol. The van der Waals surface area contributed by atoms with Crippen LogP contribution in [0.3, 0.4) is 0 Å². The van der Waals surface area contributed by atoms with E-state index in [1.165, 1.54) is 25.7 Å². The fourth-order valence-electron chi connectivity index (χ4n) is 0.874. The Kier molecular flexibility index (Phi) is 10.1. The summed E-state index contributed by atoms with van der Waals surface area (Å²) in [6, 6.07) is 0. The molecule has 0 radical (unpaired) electrons. The van der Waals surface area contributed by atoms with Crippen molar-refractivity contribution < 1.29 is 16.3 Å². The Labute approximate surface area is 79.8 Å². The number of allylic oxidation sites excluding steroid dienone is 4. The Bertz CT molecular complexity index is 93.8. The summed E-state index contributed by atoms with van der Waals surface area (Å²) >= 11 is 5.19. The van der Waals surface area contributed by atoms with Gasteiger partial charge in [0.1, 0.15) is 0 Å². The van der Waals surface area contributed by atoms with E-state index in [4.69, 9.17) is 0 Å². The van der Waals surface area contributed by atoms with Crippen molar-refractivity contribution in [2.45, 2.75) is 25.7 Å². The van der Waals surface area contributed by atoms with Crippen molar-refractivity contribution in [1.82, 2.24) is 0 Å². The molecule has 0 aromatic carbocycles. The number of halogens is 1. The SMILES string of the molecule is C1=C\CCCC\C=C/1.[Br][Rh]. The van der Waals surface area contributed by atoms with Gasteiger partial charge in [-0.15, -0.1) is 0 Å². The van der Waals surface area contributed by atoms with Gasteiger partial charge in [0.25, 0.3) is 0 Å². The Balaban J connectivity index is 0.000000371. The van der Waals surface area contributed by atoms with E-state index in [9.17, 15) is 0 Å². The van der Waals surface area contributed by atoms with Gasteiger partial charge in [-0.3, -0.25) is 0 Å². The zero-order valence-corrected chi connectivity index (χ0v) is 9.07. The maximum atomic E-state index is 2.83. The van der Waals surface area contributed by atoms with E-state index in [1.54, 1.807) is 0 Å². The second-order valence-corrected chi connectivity index (χ2v) is 2.14. The summed E-state index contributed by atoms with van der Waals surface area (Å²) < 4.78 is 0. The molecule has 0 N–H and O–H groups in total. The summed E-state index contributed by atoms with van der Waals surface area (Å²) in [7, 11) is 0. The maximum absolute atomic E-state index is 2.83. The third-order valence-corrected chi connectivity index (χ3v) is 1.37. The molecule has 0 aromatic rings. The van der Waals surface area contributed by atoms with Crippen molar-refractivity contribution >= 4 is 13.6 Å². The van der Waals surface area contributed by atoms with Gasteiger partial charge in [0.2, 0.25) is 0 Å². The van der Waals surface area contributed by atoms with E-state index >= 15 is 0 Å². The van der Waals surface area contributed by atoms with Crippen molar-refractivity contribution in [2.24, 2.45) is 0 Å². The predicted octanol–water partition coefficient (Wildman–Crippen LogP) is 3.52. The molecule has 1 rings (SSSR count). The van der Waals surface area contributed by atoms with Crippen molar-refractivity contribution in [1.29, 1.82) is 0 Å². The molecule has 0 nitrogen and oxygen atoms in total. The van der Waals surface area contributed by atoms with Gasteiger partial charge in [0.05, 0.1) is 0 Å². The first-order valence-electron chi connectivity index (χ1n) is 3.44. The van der Waals surface area contributed by atoms with E-state index in [-0.39, 0.29) is 0 Å². The summed E-state index contributed by atoms with van der Waals surface area (Å²) in [5.41, 5.74) is 0. The van der Waals surface area contributed by atoms with Crippen LogP contribution in [-0.4, -0.2) is 0 Å². The van der Waals surface area contributed by atoms with Gasteiger partial charge in [-0.25, -0.2) is 0 Å². The molecule has 0 saturated heterocycles. The molecule has 0 amide bonds. The minimum absolute atomic E-state index is 1.27. The fourth-order valence-corrected chi connectivity index (χ4v) is 0.874. The number of rotatable bonds is 0. The molecule has 0 aromatic heterocycles. The minimum atomic E-state index is 1.27. The Morgan fingerprint density at radius 2 is 1.30 bits per heavy atom. The van der Waals surface area contributed by atoms with Crippen LogP contribution >= 0.6 is 13.6 Å². The van der Waals surface area contributed by atoms with Crippen molar-refractivity contribution in [3.63, 3.8) is 0 Å². The van der Waals surface area contributed by atoms with Gasteiger partial charge in [0.15, 0.2) is 0 Å². The molecule has 0 saturated carbocycles. The van der Waals surface area contributed by atoms with Crippen LogP contribution in [0.2, 0.25) is 0 Å². The third kappa shape index (κ3) is 6.70. The van der Waals surface area contributed by atoms with Gasteiger partial charge in [-0.2, -0.15) is 0 Å². The quantitative estimate of drug-likeness (QED) is 0.599. The summed E-state index contributed by atoms with van der Waals surface area (Å²) in [6.07, 6.45) is 14.0. The summed E-state index contributed by atoms with van der Waals surface area (Å²) in [5.74, 6) is 0. The van der Waals surface area contributed by atoms with Crippen LogP contribution in [0.5, 0.6) is 0 Å². The normalized spacial score (nSPS) is 23.1. The van der Waals surface area contributed by atoms with Gasteiger partial charge < -0.3 is 0 Å². The molecular formula is C8H12BrRh. The molecule has 10 heavy (non-hydrogen) atoms. The Morgan fingerprint density at radius 1 is 0.900 bits per heavy atom. The summed E-state index contributed by atoms with van der Waals surface area (Å²) in [6.45, 7) is 0. The van der Waals surface area contributed by atoms with Crippen LogP contribution < -0.4 is 0 Å². The first kappa shape index (κ1) is 10.6. The van der Waals surface area contributed by atoms with E-state index < -0.39 is 0 Å². The van der Waals surface area contributed by atoms with Gasteiger partial charge in [-0.05, 0) is 25.7 Å². The van der Waals surface area contributed by atoms with Crippen LogP contribution in [0.25, 0.3) is 0 Å². The molecule has 0 fully saturated rings. The van der Waals surface area contributed by atoms with E-state index in [0.29, 0.717) is 0 Å². The number of hydrogen-bond donors (Lipinski definition) is 0. The summed E-state index contributed by atoms with van der Waals surface area (Å²) in [5, 5.41) is 0. The molecule has 0 unspecified atom stereocenters. The van der Waals surface area contributed by atoms with Crippen LogP contribution in [0.15, 0.2) is 24.3 Å². The molecule has 0 aliphatic heterocycles. The van der Waals surface area contributed by atoms with Gasteiger partial charge >= 0.3 is 30.0 Å². The van der Waals surface area contributed by atoms with Crippen molar-refractivity contribution in [3.8, 4) is 0 Å². The van der Waals surface area contributed by atoms with Crippen LogP contribution in [0.1, 0.15) is 25.7 Å². The average molecular weight is 291 g/mol. The van der Waals surface area contributed by atoms with Crippen LogP contribution in [-0.2, 0) is 16.3 Å². The molecule has 1 aliphatic carbocycles. The topological polar surface area (TPSA) is 0 Å². The average Bonchev–Trinajstić information content (AvgIpc) is 1.90. The van der Waals surface area contributed by atoms with E-state index in [0.717, 1.165) is 0 Å². The van der Waals surface area contributed by atoms with Crippen molar-refractivity contribution in [2.75, 3.05) is 0 Å². The molecule has 0 heterocycles. The molecule has 2 heteroatoms. The molecule has 0 atom stereocenters. The molecule has 60 valence electrons. The van der Waals surface area contributed by atoms with Gasteiger partial charge in [-0.1, -0.05) is 24.3 Å². The zero-order chi connectivity index (χ0) is 7.66. The second kappa shape index (κ2) is 9.58. The zero-order valence-electron chi connectivity index (χ0n) is 5.85. The van der Waals surface area contributed by atoms with E-state index in [1.807, 2.05) is 0 Å². The fraction of sp³-hybridized carbons (Fsp3) is 0.500. The molecule has 1 aliphatic rings.